The molecule has 0 saturated carbocycles. The van der Waals surface area contributed by atoms with Crippen molar-refractivity contribution in [1.82, 2.24) is 9.97 Å². The molecule has 8 heteroatoms. The van der Waals surface area contributed by atoms with Crippen LogP contribution in [0.15, 0.2) is 28.7 Å². The predicted octanol–water partition coefficient (Wildman–Crippen LogP) is 2.55. The van der Waals surface area contributed by atoms with E-state index in [9.17, 15) is 4.39 Å². The van der Waals surface area contributed by atoms with Crippen molar-refractivity contribution in [2.45, 2.75) is 6.61 Å². The van der Waals surface area contributed by atoms with Crippen LogP contribution in [-0.2, 0) is 11.3 Å². The van der Waals surface area contributed by atoms with Crippen LogP contribution in [0.5, 0.6) is 0 Å². The third-order valence-corrected chi connectivity index (χ3v) is 3.03. The molecule has 6 nitrogen and oxygen atoms in total. The zero-order valence-corrected chi connectivity index (χ0v) is 12.2. The van der Waals surface area contributed by atoms with Crippen molar-refractivity contribution in [1.29, 1.82) is 0 Å². The van der Waals surface area contributed by atoms with Crippen LogP contribution in [0, 0.1) is 5.82 Å². The molecule has 106 valence electrons. The fourth-order valence-corrected chi connectivity index (χ4v) is 1.80. The van der Waals surface area contributed by atoms with Gasteiger partial charge in [0.25, 0.3) is 0 Å². The molecular weight excluding hydrogens is 329 g/mol. The monoisotopic (exact) mass is 341 g/mol. The van der Waals surface area contributed by atoms with Crippen LogP contribution < -0.4 is 16.6 Å². The van der Waals surface area contributed by atoms with Gasteiger partial charge in [0.15, 0.2) is 5.82 Å². The molecule has 0 aliphatic rings. The van der Waals surface area contributed by atoms with Crippen LogP contribution in [0.2, 0.25) is 0 Å². The van der Waals surface area contributed by atoms with Gasteiger partial charge >= 0.3 is 0 Å². The summed E-state index contributed by atoms with van der Waals surface area (Å²) in [6.45, 7) is 0.249. The first-order valence-electron chi connectivity index (χ1n) is 5.68. The number of halogens is 2. The number of methoxy groups -OCH3 is 1. The number of benzene rings is 1. The smallest absolute Gasteiger partial charge is 0.158 e. The minimum atomic E-state index is -0.363. The zero-order valence-electron chi connectivity index (χ0n) is 10.7. The summed E-state index contributed by atoms with van der Waals surface area (Å²) in [7, 11) is 1.54. The fraction of sp³-hybridized carbons (Fsp3) is 0.167. The first kappa shape index (κ1) is 14.6. The Balaban J connectivity index is 2.27. The lowest BCUT2D eigenvalue weighted by Crippen LogP contribution is -2.11. The van der Waals surface area contributed by atoms with Crippen LogP contribution in [0.4, 0.5) is 21.7 Å². The minimum Gasteiger partial charge on any atom is -0.377 e. The summed E-state index contributed by atoms with van der Waals surface area (Å²) < 4.78 is 18.8. The van der Waals surface area contributed by atoms with Gasteiger partial charge in [0.05, 0.1) is 4.47 Å². The summed E-state index contributed by atoms with van der Waals surface area (Å²) in [5.74, 6) is 6.37. The zero-order chi connectivity index (χ0) is 14.5. The molecule has 0 aliphatic heterocycles. The van der Waals surface area contributed by atoms with Crippen LogP contribution in [0.25, 0.3) is 0 Å². The number of hydrogen-bond acceptors (Lipinski definition) is 6. The number of nitrogens with zero attached hydrogens (tertiary/aromatic N) is 2. The third-order valence-electron chi connectivity index (χ3n) is 2.39. The van der Waals surface area contributed by atoms with Crippen molar-refractivity contribution in [3.63, 3.8) is 0 Å². The molecule has 0 spiro atoms. The van der Waals surface area contributed by atoms with Crippen LogP contribution >= 0.6 is 15.9 Å². The van der Waals surface area contributed by atoms with Gasteiger partial charge in [-0.3, -0.25) is 0 Å². The second-order valence-electron chi connectivity index (χ2n) is 3.89. The number of rotatable bonds is 5. The van der Waals surface area contributed by atoms with Gasteiger partial charge in [-0.1, -0.05) is 0 Å². The lowest BCUT2D eigenvalue weighted by molar-refractivity contribution is 0.178. The number of ether oxygens (including phenoxy) is 1. The van der Waals surface area contributed by atoms with E-state index in [-0.39, 0.29) is 12.4 Å². The van der Waals surface area contributed by atoms with E-state index >= 15 is 0 Å². The maximum Gasteiger partial charge on any atom is 0.158 e. The van der Waals surface area contributed by atoms with E-state index < -0.39 is 0 Å². The second-order valence-corrected chi connectivity index (χ2v) is 4.74. The average molecular weight is 342 g/mol. The average Bonchev–Trinajstić information content (AvgIpc) is 2.43. The van der Waals surface area contributed by atoms with Crippen LogP contribution in [0.3, 0.4) is 0 Å². The number of hydrazine groups is 1. The molecule has 2 rings (SSSR count). The molecule has 0 amide bonds. The van der Waals surface area contributed by atoms with Gasteiger partial charge in [0, 0.05) is 18.9 Å². The van der Waals surface area contributed by atoms with E-state index in [1.807, 2.05) is 0 Å². The van der Waals surface area contributed by atoms with Gasteiger partial charge in [-0.15, -0.1) is 0 Å². The maximum atomic E-state index is 13.5. The third kappa shape index (κ3) is 3.62. The Bertz CT molecular complexity index is 610. The first-order valence-corrected chi connectivity index (χ1v) is 6.47. The Hall–Kier alpha value is -1.77. The fourth-order valence-electron chi connectivity index (χ4n) is 1.55. The van der Waals surface area contributed by atoms with Crippen molar-refractivity contribution < 1.29 is 9.13 Å². The predicted molar refractivity (Wildman–Crippen MR) is 77.9 cm³/mol. The molecule has 0 radical (unpaired) electrons. The Kier molecular flexibility index (Phi) is 4.83. The molecule has 0 unspecified atom stereocenters. The number of anilines is 3. The van der Waals surface area contributed by atoms with Gasteiger partial charge in [0.1, 0.15) is 24.1 Å². The molecule has 1 heterocycles. The van der Waals surface area contributed by atoms with E-state index in [2.05, 4.69) is 36.6 Å². The van der Waals surface area contributed by atoms with Crippen molar-refractivity contribution in [3.8, 4) is 0 Å². The summed E-state index contributed by atoms with van der Waals surface area (Å²) in [6, 6.07) is 6.30. The highest BCUT2D eigenvalue weighted by atomic mass is 79.9. The van der Waals surface area contributed by atoms with Crippen LogP contribution in [0.1, 0.15) is 5.82 Å². The lowest BCUT2D eigenvalue weighted by Gasteiger charge is -2.10. The highest BCUT2D eigenvalue weighted by Crippen LogP contribution is 2.22. The van der Waals surface area contributed by atoms with Crippen molar-refractivity contribution in [2.75, 3.05) is 17.9 Å². The quantitative estimate of drug-likeness (QED) is 0.572. The van der Waals surface area contributed by atoms with Gasteiger partial charge < -0.3 is 15.5 Å². The largest absolute Gasteiger partial charge is 0.377 e. The second kappa shape index (κ2) is 6.60. The number of hydrogen-bond donors (Lipinski definition) is 3. The number of nitrogen functional groups attached to an aromatic ring is 1. The summed E-state index contributed by atoms with van der Waals surface area (Å²) in [4.78, 5) is 8.36. The van der Waals surface area contributed by atoms with Gasteiger partial charge in [-0.25, -0.2) is 20.2 Å². The standard InChI is InChI=1S/C12H13BrFN5O/c1-20-6-12-17-10(5-11(18-12)19-15)16-7-2-3-8(13)9(14)4-7/h2-5H,6,15H2,1H3,(H2,16,17,18,19). The molecule has 0 saturated heterocycles. The molecule has 1 aromatic heterocycles. The molecule has 0 aliphatic carbocycles. The summed E-state index contributed by atoms with van der Waals surface area (Å²) in [6.07, 6.45) is 0. The summed E-state index contributed by atoms with van der Waals surface area (Å²) in [5.41, 5.74) is 3.01. The van der Waals surface area contributed by atoms with E-state index in [0.29, 0.717) is 27.6 Å². The summed E-state index contributed by atoms with van der Waals surface area (Å²) in [5, 5.41) is 2.98. The first-order chi connectivity index (χ1) is 9.62. The molecule has 0 bridgehead atoms. The molecule has 4 N–H and O–H groups in total. The molecule has 1 aromatic carbocycles. The van der Waals surface area contributed by atoms with Crippen molar-refractivity contribution in [3.05, 3.63) is 40.4 Å². The maximum absolute atomic E-state index is 13.5. The normalized spacial score (nSPS) is 10.4. The minimum absolute atomic E-state index is 0.249. The molecular formula is C12H13BrFN5O. The SMILES string of the molecule is COCc1nc(NN)cc(Nc2ccc(Br)c(F)c2)n1. The van der Waals surface area contributed by atoms with Crippen molar-refractivity contribution in [2.24, 2.45) is 5.84 Å². The Morgan fingerprint density at radius 1 is 1.30 bits per heavy atom. The van der Waals surface area contributed by atoms with E-state index in [4.69, 9.17) is 10.6 Å². The number of aromatic nitrogens is 2. The van der Waals surface area contributed by atoms with Gasteiger partial charge in [0.2, 0.25) is 0 Å². The molecule has 20 heavy (non-hydrogen) atoms. The highest BCUT2D eigenvalue weighted by molar-refractivity contribution is 9.10. The Labute approximate surface area is 123 Å². The topological polar surface area (TPSA) is 85.1 Å². The number of nitrogens with two attached hydrogens (primary N) is 1. The van der Waals surface area contributed by atoms with E-state index in [0.717, 1.165) is 0 Å². The number of nitrogens with one attached hydrogen (secondary N) is 2. The van der Waals surface area contributed by atoms with E-state index in [1.54, 1.807) is 25.3 Å². The van der Waals surface area contributed by atoms with Gasteiger partial charge in [-0.2, -0.15) is 0 Å². The van der Waals surface area contributed by atoms with Crippen LogP contribution in [-0.4, -0.2) is 17.1 Å². The van der Waals surface area contributed by atoms with E-state index in [1.165, 1.54) is 6.07 Å². The Morgan fingerprint density at radius 2 is 2.05 bits per heavy atom. The van der Waals surface area contributed by atoms with Crippen molar-refractivity contribution >= 4 is 33.3 Å². The Morgan fingerprint density at radius 3 is 2.70 bits per heavy atom. The lowest BCUT2D eigenvalue weighted by atomic mass is 10.3. The highest BCUT2D eigenvalue weighted by Gasteiger charge is 2.06. The molecule has 0 atom stereocenters. The molecule has 2 aromatic rings. The van der Waals surface area contributed by atoms with Gasteiger partial charge in [-0.05, 0) is 34.1 Å². The summed E-state index contributed by atoms with van der Waals surface area (Å²) >= 11 is 3.10. The molecule has 0 fully saturated rings.